The molecule has 3 fully saturated rings. The molecule has 0 aromatic heterocycles. The smallest absolute Gasteiger partial charge is 0.416 e. The van der Waals surface area contributed by atoms with E-state index in [4.69, 9.17) is 21.7 Å². The summed E-state index contributed by atoms with van der Waals surface area (Å²) in [6.45, 7) is 3.20. The lowest BCUT2D eigenvalue weighted by molar-refractivity contribution is -0.137. The Bertz CT molecular complexity index is 1150. The minimum atomic E-state index is -4.46. The van der Waals surface area contributed by atoms with Crippen molar-refractivity contribution in [2.45, 2.75) is 12.3 Å². The van der Waals surface area contributed by atoms with Gasteiger partial charge in [-0.3, -0.25) is 4.90 Å². The van der Waals surface area contributed by atoms with E-state index in [1.165, 1.54) is 23.1 Å². The molecule has 0 radical (unpaired) electrons. The number of nitrogens with one attached hydrogen (secondary N) is 2. The lowest BCUT2D eigenvalue weighted by atomic mass is 9.78. The van der Waals surface area contributed by atoms with Crippen LogP contribution in [0.3, 0.4) is 0 Å². The van der Waals surface area contributed by atoms with Crippen LogP contribution in [0.2, 0.25) is 0 Å². The number of thiocarbonyl (C=S) groups is 1. The third-order valence-electron chi connectivity index (χ3n) is 6.26. The first-order chi connectivity index (χ1) is 16.6. The molecule has 3 heterocycles. The predicted molar refractivity (Wildman–Crippen MR) is 125 cm³/mol. The van der Waals surface area contributed by atoms with Crippen molar-refractivity contribution in [1.82, 2.24) is 5.32 Å². The molecule has 3 aliphatic heterocycles. The molecule has 35 heavy (non-hydrogen) atoms. The number of halogens is 4. The average molecular weight is 511 g/mol. The van der Waals surface area contributed by atoms with Crippen LogP contribution in [0.4, 0.5) is 39.4 Å². The van der Waals surface area contributed by atoms with Gasteiger partial charge in [-0.05, 0) is 48.6 Å². The van der Waals surface area contributed by atoms with Crippen LogP contribution in [0.25, 0.3) is 0 Å². The van der Waals surface area contributed by atoms with Crippen molar-refractivity contribution < 1.29 is 31.8 Å². The molecule has 2 N–H and O–H groups in total. The summed E-state index contributed by atoms with van der Waals surface area (Å²) in [5.41, 5.74) is 0.403. The second-order valence-electron chi connectivity index (χ2n) is 9.01. The van der Waals surface area contributed by atoms with Crippen molar-refractivity contribution >= 4 is 40.5 Å². The van der Waals surface area contributed by atoms with Crippen LogP contribution >= 0.6 is 12.2 Å². The predicted octanol–water partition coefficient (Wildman–Crippen LogP) is 3.99. The fourth-order valence-corrected chi connectivity index (χ4v) is 4.62. The van der Waals surface area contributed by atoms with Crippen molar-refractivity contribution in [1.29, 1.82) is 0 Å². The van der Waals surface area contributed by atoms with Crippen LogP contribution < -0.4 is 20.4 Å². The highest BCUT2D eigenvalue weighted by Gasteiger charge is 2.49. The van der Waals surface area contributed by atoms with Crippen LogP contribution in [0, 0.1) is 11.2 Å². The highest BCUT2D eigenvalue weighted by molar-refractivity contribution is 7.80. The maximum absolute atomic E-state index is 14.8. The van der Waals surface area contributed by atoms with Crippen molar-refractivity contribution in [2.75, 3.05) is 54.5 Å². The highest BCUT2D eigenvalue weighted by atomic mass is 32.1. The number of alkyl halides is 3. The molecule has 186 valence electrons. The van der Waals surface area contributed by atoms with Crippen molar-refractivity contribution in [3.8, 4) is 0 Å². The van der Waals surface area contributed by atoms with Crippen molar-refractivity contribution in [3.63, 3.8) is 0 Å². The van der Waals surface area contributed by atoms with Gasteiger partial charge in [-0.25, -0.2) is 9.18 Å². The minimum Gasteiger partial charge on any atom is -0.442 e. The molecule has 12 heteroatoms. The molecule has 5 rings (SSSR count). The molecule has 1 atom stereocenters. The van der Waals surface area contributed by atoms with Gasteiger partial charge in [0.2, 0.25) is 0 Å². The summed E-state index contributed by atoms with van der Waals surface area (Å²) in [6.07, 6.45) is -5.66. The van der Waals surface area contributed by atoms with Crippen LogP contribution in [0.15, 0.2) is 42.5 Å². The number of nitrogens with zero attached hydrogens (tertiary/aromatic N) is 2. The van der Waals surface area contributed by atoms with Crippen LogP contribution in [-0.4, -0.2) is 56.7 Å². The number of benzene rings is 2. The molecule has 0 bridgehead atoms. The Morgan fingerprint density at radius 1 is 1.17 bits per heavy atom. The van der Waals surface area contributed by atoms with E-state index in [1.807, 2.05) is 4.90 Å². The molecule has 1 amide bonds. The second kappa shape index (κ2) is 8.83. The summed E-state index contributed by atoms with van der Waals surface area (Å²) < 4.78 is 64.0. The summed E-state index contributed by atoms with van der Waals surface area (Å²) in [5, 5.41) is 5.61. The maximum atomic E-state index is 14.8. The van der Waals surface area contributed by atoms with Gasteiger partial charge in [0.15, 0.2) is 5.11 Å². The van der Waals surface area contributed by atoms with Gasteiger partial charge >= 0.3 is 12.3 Å². The Morgan fingerprint density at radius 3 is 2.60 bits per heavy atom. The van der Waals surface area contributed by atoms with E-state index in [2.05, 4.69) is 10.6 Å². The zero-order chi connectivity index (χ0) is 24.8. The topological polar surface area (TPSA) is 66.1 Å². The van der Waals surface area contributed by atoms with Crippen LogP contribution in [-0.2, 0) is 15.7 Å². The van der Waals surface area contributed by atoms with E-state index in [0.29, 0.717) is 24.6 Å². The number of anilines is 3. The molecule has 3 aliphatic rings. The molecule has 3 saturated heterocycles. The highest BCUT2D eigenvalue weighted by Crippen LogP contribution is 2.41. The molecule has 1 spiro atoms. The monoisotopic (exact) mass is 510 g/mol. The Kier molecular flexibility index (Phi) is 5.96. The zero-order valence-corrected chi connectivity index (χ0v) is 19.2. The summed E-state index contributed by atoms with van der Waals surface area (Å²) in [6, 6.07) is 9.29. The summed E-state index contributed by atoms with van der Waals surface area (Å²) in [7, 11) is 0. The molecular formula is C23H22F4N4O3S. The Morgan fingerprint density at radius 2 is 1.94 bits per heavy atom. The van der Waals surface area contributed by atoms with Gasteiger partial charge in [0.05, 0.1) is 48.7 Å². The molecule has 0 aliphatic carbocycles. The number of rotatable bonds is 5. The SMILES string of the molecule is O=C1O[C@@H](CNC(=S)Nc2cccc(C(F)(F)F)c2)CN1c1ccc(N2CC3(COC3)C2)c(F)c1. The minimum absolute atomic E-state index is 0.0819. The fraction of sp³-hybridized carbons (Fsp3) is 0.391. The molecule has 0 unspecified atom stereocenters. The lowest BCUT2D eigenvalue weighted by Gasteiger charge is -2.56. The molecule has 2 aromatic carbocycles. The fourth-order valence-electron chi connectivity index (χ4n) is 4.42. The molecule has 2 aromatic rings. The average Bonchev–Trinajstić information content (AvgIpc) is 3.11. The number of carbonyl (C=O) groups excluding carboxylic acids is 1. The number of hydrogen-bond donors (Lipinski definition) is 2. The van der Waals surface area contributed by atoms with Gasteiger partial charge in [0.1, 0.15) is 11.9 Å². The van der Waals surface area contributed by atoms with E-state index >= 15 is 0 Å². The Hall–Kier alpha value is -3.12. The first-order valence-electron chi connectivity index (χ1n) is 10.9. The van der Waals surface area contributed by atoms with Gasteiger partial charge in [-0.15, -0.1) is 0 Å². The Labute approximate surface area is 204 Å². The van der Waals surface area contributed by atoms with E-state index in [1.54, 1.807) is 12.1 Å². The number of cyclic esters (lactones) is 1. The van der Waals surface area contributed by atoms with Crippen LogP contribution in [0.5, 0.6) is 0 Å². The standard InChI is InChI=1S/C23H22F4N4O3S/c24-18-7-16(4-5-19(18)30-10-22(11-30)12-33-13-22)31-9-17(34-21(31)32)8-28-20(35)29-15-3-1-2-14(6-15)23(25,26)27/h1-7,17H,8-13H2,(H2,28,29,35)/t17-/m0/s1. The lowest BCUT2D eigenvalue weighted by Crippen LogP contribution is -2.66. The summed E-state index contributed by atoms with van der Waals surface area (Å²) in [4.78, 5) is 15.6. The van der Waals surface area contributed by atoms with Gasteiger partial charge in [-0.2, -0.15) is 13.2 Å². The molecule has 0 saturated carbocycles. The van der Waals surface area contributed by atoms with E-state index < -0.39 is 29.8 Å². The van der Waals surface area contributed by atoms with E-state index in [-0.39, 0.29) is 29.3 Å². The van der Waals surface area contributed by atoms with Crippen LogP contribution in [0.1, 0.15) is 5.56 Å². The number of ether oxygens (including phenoxy) is 2. The van der Waals surface area contributed by atoms with Crippen molar-refractivity contribution in [3.05, 3.63) is 53.8 Å². The number of hydrogen-bond acceptors (Lipinski definition) is 5. The summed E-state index contributed by atoms with van der Waals surface area (Å²) in [5.74, 6) is -0.418. The molecular weight excluding hydrogens is 488 g/mol. The zero-order valence-electron chi connectivity index (χ0n) is 18.4. The van der Waals surface area contributed by atoms with E-state index in [9.17, 15) is 22.4 Å². The molecule has 7 nitrogen and oxygen atoms in total. The van der Waals surface area contributed by atoms with E-state index in [0.717, 1.165) is 25.2 Å². The largest absolute Gasteiger partial charge is 0.442 e. The quantitative estimate of drug-likeness (QED) is 0.466. The third kappa shape index (κ3) is 4.85. The maximum Gasteiger partial charge on any atom is 0.416 e. The van der Waals surface area contributed by atoms with Gasteiger partial charge < -0.3 is 25.0 Å². The third-order valence-corrected chi connectivity index (χ3v) is 6.51. The normalized spacial score (nSPS) is 20.8. The number of amides is 1. The van der Waals surface area contributed by atoms with Gasteiger partial charge in [0, 0.05) is 18.8 Å². The van der Waals surface area contributed by atoms with Crippen molar-refractivity contribution in [2.24, 2.45) is 5.41 Å². The van der Waals surface area contributed by atoms with Gasteiger partial charge in [0.25, 0.3) is 0 Å². The van der Waals surface area contributed by atoms with Gasteiger partial charge in [-0.1, -0.05) is 6.07 Å². The summed E-state index contributed by atoms with van der Waals surface area (Å²) >= 11 is 5.14. The number of carbonyl (C=O) groups is 1. The first kappa shape index (κ1) is 23.6. The Balaban J connectivity index is 1.14. The first-order valence-corrected chi connectivity index (χ1v) is 11.4. The second-order valence-corrected chi connectivity index (χ2v) is 9.42.